The van der Waals surface area contributed by atoms with Crippen LogP contribution in [-0.2, 0) is 24.0 Å². The van der Waals surface area contributed by atoms with Crippen molar-refractivity contribution in [1.29, 1.82) is 0 Å². The number of hydrogen-bond donors (Lipinski definition) is 0. The van der Waals surface area contributed by atoms with Crippen molar-refractivity contribution in [3.05, 3.63) is 131 Å². The molecule has 0 spiro atoms. The van der Waals surface area contributed by atoms with Crippen molar-refractivity contribution >= 4 is 27.8 Å². The van der Waals surface area contributed by atoms with E-state index in [0.29, 0.717) is 17.7 Å². The number of hydrogen-bond acceptors (Lipinski definition) is 9. The van der Waals surface area contributed by atoms with Crippen LogP contribution in [0, 0.1) is 13.5 Å². The first-order valence-corrected chi connectivity index (χ1v) is 25.3. The maximum atomic E-state index is 7.60. The lowest BCUT2D eigenvalue weighted by atomic mass is 9.79. The molecule has 1 aliphatic rings. The number of ether oxygens (including phenoxy) is 3. The molecule has 0 saturated carbocycles. The molecule has 5 aromatic rings. The highest BCUT2D eigenvalue weighted by molar-refractivity contribution is 7.50. The van der Waals surface area contributed by atoms with E-state index < -0.39 is 46.8 Å². The summed E-state index contributed by atoms with van der Waals surface area (Å²) in [6.07, 6.45) is 4.14. The fraction of sp³-hybridized carbons (Fsp3) is 0.489. The summed E-state index contributed by atoms with van der Waals surface area (Å²) in [5.74, 6) is 0.758. The quantitative estimate of drug-likeness (QED) is 0.0281. The van der Waals surface area contributed by atoms with Gasteiger partial charge >= 0.3 is 0 Å². The Morgan fingerprint density at radius 1 is 0.900 bits per heavy atom. The van der Waals surface area contributed by atoms with Crippen LogP contribution in [0.3, 0.4) is 0 Å². The monoisotopic (exact) mass is 850 g/mol. The van der Waals surface area contributed by atoms with Crippen LogP contribution in [0.1, 0.15) is 83.4 Å². The van der Waals surface area contributed by atoms with E-state index in [2.05, 4.69) is 149 Å². The van der Waals surface area contributed by atoms with Crippen LogP contribution in [0.2, 0.25) is 18.1 Å². The second-order valence-corrected chi connectivity index (χ2v) is 24.3. The van der Waals surface area contributed by atoms with Crippen molar-refractivity contribution in [3.63, 3.8) is 0 Å². The van der Waals surface area contributed by atoms with Crippen LogP contribution >= 0.6 is 8.30 Å². The molecule has 0 amide bonds. The van der Waals surface area contributed by atoms with Crippen LogP contribution in [0.15, 0.2) is 97.7 Å². The van der Waals surface area contributed by atoms with Gasteiger partial charge in [-0.15, -0.1) is 0 Å². The molecule has 0 radical (unpaired) electrons. The van der Waals surface area contributed by atoms with Gasteiger partial charge in [-0.1, -0.05) is 93.1 Å². The Morgan fingerprint density at radius 3 is 2.13 bits per heavy atom. The topological polar surface area (TPSA) is 97.4 Å². The standard InChI is InChI=1S/C47H63N6O5PSi/c1-33(2)53(34(3)4)59(28-16-27-48-9)57-42-41(56-45(43(42)58-60(11,12)46(6,7)8)52-32-51-40-29-49-31-50-44(40)52)30-55-47(36-17-14-13-15-18-36,37-21-19-35(5)20-22-37)38-23-25-39(54-10)26-24-38/h13-15,17-26,29,31-34,41-43,45H,16,27-28,30H2,1-8,10-12H3/t41-,42?,43+,45-,47?,59?/m1/s1. The van der Waals surface area contributed by atoms with E-state index in [1.54, 1.807) is 19.6 Å². The zero-order chi connectivity index (χ0) is 43.2. The average Bonchev–Trinajstić information content (AvgIpc) is 3.79. The molecule has 1 fully saturated rings. The van der Waals surface area contributed by atoms with Crippen molar-refractivity contribution in [2.45, 2.75) is 122 Å². The summed E-state index contributed by atoms with van der Waals surface area (Å²) in [5, 5.41) is -0.111. The Balaban J connectivity index is 1.54. The second-order valence-electron chi connectivity index (χ2n) is 17.7. The van der Waals surface area contributed by atoms with E-state index in [0.717, 1.165) is 40.6 Å². The SMILES string of the molecule is [C-]#[N+]CCCP(OC1[C@@H](COC(c2ccccc2)(c2ccc(C)cc2)c2ccc(OC)cc2)O[C@@H](n2cnc3cncnc32)[C@H]1O[Si](C)(C)C(C)(C)C)N(C(C)C)C(C)C. The minimum absolute atomic E-state index is 0.111. The van der Waals surface area contributed by atoms with Gasteiger partial charge in [0.1, 0.15) is 49.8 Å². The Bertz CT molecular complexity index is 2170. The summed E-state index contributed by atoms with van der Waals surface area (Å²) in [6, 6.07) is 27.5. The molecule has 320 valence electrons. The molecule has 3 aromatic carbocycles. The number of nitrogens with zero attached hydrogens (tertiary/aromatic N) is 6. The Morgan fingerprint density at radius 2 is 1.53 bits per heavy atom. The number of fused-ring (bicyclic) bond motifs is 1. The van der Waals surface area contributed by atoms with Gasteiger partial charge in [0.25, 0.3) is 0 Å². The van der Waals surface area contributed by atoms with E-state index >= 15 is 0 Å². The number of aromatic nitrogens is 4. The van der Waals surface area contributed by atoms with Crippen molar-refractivity contribution in [2.75, 3.05) is 26.4 Å². The largest absolute Gasteiger partial charge is 0.497 e. The molecule has 11 nitrogen and oxygen atoms in total. The maximum Gasteiger partial charge on any atom is 0.215 e. The molecule has 6 atom stereocenters. The van der Waals surface area contributed by atoms with Crippen molar-refractivity contribution in [1.82, 2.24) is 24.2 Å². The van der Waals surface area contributed by atoms with Gasteiger partial charge in [-0.2, -0.15) is 0 Å². The fourth-order valence-corrected chi connectivity index (χ4v) is 11.5. The van der Waals surface area contributed by atoms with Gasteiger partial charge < -0.3 is 28.0 Å². The number of rotatable bonds is 18. The average molecular weight is 851 g/mol. The lowest BCUT2D eigenvalue weighted by Gasteiger charge is -2.43. The van der Waals surface area contributed by atoms with Crippen molar-refractivity contribution in [3.8, 4) is 5.75 Å². The summed E-state index contributed by atoms with van der Waals surface area (Å²) in [6.45, 7) is 30.4. The van der Waals surface area contributed by atoms with Crippen molar-refractivity contribution in [2.24, 2.45) is 0 Å². The number of aryl methyl sites for hydroxylation is 1. The molecule has 0 aliphatic carbocycles. The molecular weight excluding hydrogens is 788 g/mol. The minimum atomic E-state index is -2.47. The molecule has 13 heteroatoms. The molecule has 1 aliphatic heterocycles. The molecule has 3 unspecified atom stereocenters. The molecule has 0 bridgehead atoms. The summed E-state index contributed by atoms with van der Waals surface area (Å²) in [7, 11) is -2.01. The molecule has 6 rings (SSSR count). The molecule has 60 heavy (non-hydrogen) atoms. The Labute approximate surface area is 359 Å². The van der Waals surface area contributed by atoms with Crippen LogP contribution in [0.4, 0.5) is 0 Å². The predicted molar refractivity (Wildman–Crippen MR) is 243 cm³/mol. The van der Waals surface area contributed by atoms with Crippen LogP contribution in [-0.4, -0.2) is 89.3 Å². The third-order valence-electron chi connectivity index (χ3n) is 11.8. The zero-order valence-electron chi connectivity index (χ0n) is 37.2. The Hall–Kier alpha value is -4.05. The highest BCUT2D eigenvalue weighted by atomic mass is 31.2. The zero-order valence-corrected chi connectivity index (χ0v) is 39.1. The first-order valence-electron chi connectivity index (χ1n) is 21.0. The molecule has 3 heterocycles. The van der Waals surface area contributed by atoms with Crippen LogP contribution < -0.4 is 4.74 Å². The number of methoxy groups -OCH3 is 1. The van der Waals surface area contributed by atoms with Gasteiger partial charge in [-0.25, -0.2) is 21.5 Å². The maximum absolute atomic E-state index is 7.60. The molecule has 2 aromatic heterocycles. The first-order chi connectivity index (χ1) is 28.6. The van der Waals surface area contributed by atoms with E-state index in [1.165, 1.54) is 6.33 Å². The smallest absolute Gasteiger partial charge is 0.215 e. The van der Waals surface area contributed by atoms with Crippen molar-refractivity contribution < 1.29 is 23.2 Å². The van der Waals surface area contributed by atoms with E-state index in [-0.39, 0.29) is 23.7 Å². The Kier molecular flexibility index (Phi) is 14.7. The van der Waals surface area contributed by atoms with E-state index in [9.17, 15) is 0 Å². The first kappa shape index (κ1) is 45.5. The lowest BCUT2D eigenvalue weighted by molar-refractivity contribution is -0.0918. The highest BCUT2D eigenvalue weighted by Crippen LogP contribution is 2.52. The third-order valence-corrected chi connectivity index (χ3v) is 18.9. The normalized spacial score (nSPS) is 20.1. The molecule has 1 saturated heterocycles. The van der Waals surface area contributed by atoms with Gasteiger partial charge in [0.05, 0.1) is 26.2 Å². The number of benzene rings is 3. The van der Waals surface area contributed by atoms with Gasteiger partial charge in [-0.3, -0.25) is 9.24 Å². The van der Waals surface area contributed by atoms with E-state index in [4.69, 9.17) is 34.7 Å². The van der Waals surface area contributed by atoms with Gasteiger partial charge in [0.15, 0.2) is 20.2 Å². The third kappa shape index (κ3) is 9.69. The molecular formula is C47H63N6O5PSi. The summed E-state index contributed by atoms with van der Waals surface area (Å²) >= 11 is 0. The van der Waals surface area contributed by atoms with Gasteiger partial charge in [0, 0.05) is 24.7 Å². The van der Waals surface area contributed by atoms with Gasteiger partial charge in [0.2, 0.25) is 6.54 Å². The fourth-order valence-electron chi connectivity index (χ4n) is 7.81. The van der Waals surface area contributed by atoms with Gasteiger partial charge in [-0.05, 0) is 81.6 Å². The number of imidazole rings is 1. The van der Waals surface area contributed by atoms with Crippen LogP contribution in [0.25, 0.3) is 16.0 Å². The summed E-state index contributed by atoms with van der Waals surface area (Å²) in [5.41, 5.74) is 4.34. The second kappa shape index (κ2) is 19.3. The summed E-state index contributed by atoms with van der Waals surface area (Å²) < 4.78 is 40.0. The summed E-state index contributed by atoms with van der Waals surface area (Å²) in [4.78, 5) is 17.4. The van der Waals surface area contributed by atoms with E-state index in [1.807, 2.05) is 22.8 Å². The molecule has 0 N–H and O–H groups in total. The highest BCUT2D eigenvalue weighted by Gasteiger charge is 2.54. The lowest BCUT2D eigenvalue weighted by Crippen LogP contribution is -2.50. The minimum Gasteiger partial charge on any atom is -0.497 e. The predicted octanol–water partition coefficient (Wildman–Crippen LogP) is 10.6. The van der Waals surface area contributed by atoms with Crippen LogP contribution in [0.5, 0.6) is 5.75 Å².